The van der Waals surface area contributed by atoms with Gasteiger partial charge in [-0.25, -0.2) is 4.98 Å². The highest BCUT2D eigenvalue weighted by molar-refractivity contribution is 5.92. The van der Waals surface area contributed by atoms with Crippen molar-refractivity contribution in [3.05, 3.63) is 18.2 Å². The van der Waals surface area contributed by atoms with Crippen LogP contribution in [0.15, 0.2) is 12.5 Å². The minimum absolute atomic E-state index is 0.0863. The van der Waals surface area contributed by atoms with Gasteiger partial charge in [0.2, 0.25) is 0 Å². The summed E-state index contributed by atoms with van der Waals surface area (Å²) < 4.78 is 1.77. The van der Waals surface area contributed by atoms with E-state index in [2.05, 4.69) is 4.98 Å². The number of amides is 1. The summed E-state index contributed by atoms with van der Waals surface area (Å²) in [5.74, 6) is 0.0863. The van der Waals surface area contributed by atoms with E-state index < -0.39 is 0 Å². The molecule has 1 amide bonds. The van der Waals surface area contributed by atoms with Gasteiger partial charge in [0.05, 0.1) is 12.5 Å². The molecular formula is C12H20N4O. The van der Waals surface area contributed by atoms with Gasteiger partial charge in [-0.3, -0.25) is 4.79 Å². The molecule has 1 fully saturated rings. The maximum Gasteiger partial charge on any atom is 0.272 e. The summed E-state index contributed by atoms with van der Waals surface area (Å²) in [5, 5.41) is 0. The van der Waals surface area contributed by atoms with Gasteiger partial charge < -0.3 is 15.2 Å². The second kappa shape index (κ2) is 5.31. The first kappa shape index (κ1) is 12.1. The average Bonchev–Trinajstić information content (AvgIpc) is 2.67. The summed E-state index contributed by atoms with van der Waals surface area (Å²) in [7, 11) is 1.85. The van der Waals surface area contributed by atoms with Crippen molar-refractivity contribution < 1.29 is 4.79 Å². The molecule has 0 atom stereocenters. The lowest BCUT2D eigenvalue weighted by Gasteiger charge is -2.37. The normalized spacial score (nSPS) is 15.6. The Morgan fingerprint density at radius 2 is 2.41 bits per heavy atom. The largest absolute Gasteiger partial charge is 0.334 e. The molecule has 1 aliphatic carbocycles. The van der Waals surface area contributed by atoms with Crippen molar-refractivity contribution in [1.29, 1.82) is 0 Å². The fourth-order valence-corrected chi connectivity index (χ4v) is 2.12. The van der Waals surface area contributed by atoms with E-state index in [0.717, 1.165) is 25.8 Å². The molecule has 1 aromatic rings. The van der Waals surface area contributed by atoms with Crippen molar-refractivity contribution >= 4 is 5.91 Å². The first-order chi connectivity index (χ1) is 8.24. The van der Waals surface area contributed by atoms with Crippen LogP contribution in [0.1, 0.15) is 36.2 Å². The Hall–Kier alpha value is -1.36. The van der Waals surface area contributed by atoms with E-state index in [1.165, 1.54) is 6.42 Å². The number of nitrogens with zero attached hydrogens (tertiary/aromatic N) is 3. The van der Waals surface area contributed by atoms with Crippen LogP contribution in [-0.2, 0) is 7.05 Å². The number of carbonyl (C=O) groups excluding carboxylic acids is 1. The summed E-state index contributed by atoms with van der Waals surface area (Å²) in [6.07, 6.45) is 7.62. The fourth-order valence-electron chi connectivity index (χ4n) is 2.12. The van der Waals surface area contributed by atoms with Crippen LogP contribution in [0.25, 0.3) is 0 Å². The second-order valence-electron chi connectivity index (χ2n) is 4.62. The zero-order valence-electron chi connectivity index (χ0n) is 10.3. The highest BCUT2D eigenvalue weighted by Gasteiger charge is 2.29. The van der Waals surface area contributed by atoms with Crippen LogP contribution in [0.3, 0.4) is 0 Å². The molecule has 2 rings (SSSR count). The van der Waals surface area contributed by atoms with Crippen molar-refractivity contribution in [1.82, 2.24) is 14.5 Å². The summed E-state index contributed by atoms with van der Waals surface area (Å²) >= 11 is 0. The lowest BCUT2D eigenvalue weighted by molar-refractivity contribution is 0.0568. The van der Waals surface area contributed by atoms with Crippen molar-refractivity contribution in [3.63, 3.8) is 0 Å². The summed E-state index contributed by atoms with van der Waals surface area (Å²) in [6, 6.07) is 0.406. The van der Waals surface area contributed by atoms with Gasteiger partial charge in [0, 0.05) is 19.6 Å². The number of rotatable bonds is 5. The van der Waals surface area contributed by atoms with Gasteiger partial charge in [-0.2, -0.15) is 0 Å². The number of aryl methyl sites for hydroxylation is 1. The molecule has 2 N–H and O–H groups in total. The van der Waals surface area contributed by atoms with E-state index in [-0.39, 0.29) is 5.91 Å². The zero-order valence-corrected chi connectivity index (χ0v) is 10.3. The van der Waals surface area contributed by atoms with Crippen molar-refractivity contribution in [2.45, 2.75) is 31.7 Å². The van der Waals surface area contributed by atoms with Crippen LogP contribution < -0.4 is 5.73 Å². The number of aromatic nitrogens is 2. The van der Waals surface area contributed by atoms with Gasteiger partial charge in [-0.15, -0.1) is 0 Å². The molecular weight excluding hydrogens is 216 g/mol. The van der Waals surface area contributed by atoms with E-state index >= 15 is 0 Å². The SMILES string of the molecule is Cn1cncc1C(=O)N(CCCN)C1CCC1. The van der Waals surface area contributed by atoms with E-state index in [0.29, 0.717) is 18.3 Å². The van der Waals surface area contributed by atoms with Gasteiger partial charge in [-0.05, 0) is 32.2 Å². The fraction of sp³-hybridized carbons (Fsp3) is 0.667. The topological polar surface area (TPSA) is 64.2 Å². The standard InChI is InChI=1S/C12H20N4O/c1-15-9-14-8-11(15)12(17)16(7-3-6-13)10-4-2-5-10/h8-10H,2-7,13H2,1H3. The minimum atomic E-state index is 0.0863. The average molecular weight is 236 g/mol. The summed E-state index contributed by atoms with van der Waals surface area (Å²) in [4.78, 5) is 18.4. The summed E-state index contributed by atoms with van der Waals surface area (Å²) in [5.41, 5.74) is 6.19. The van der Waals surface area contributed by atoms with Crippen LogP contribution in [0, 0.1) is 0 Å². The highest BCUT2D eigenvalue weighted by Crippen LogP contribution is 2.26. The smallest absolute Gasteiger partial charge is 0.272 e. The molecule has 5 heteroatoms. The lowest BCUT2D eigenvalue weighted by atomic mass is 9.91. The van der Waals surface area contributed by atoms with Crippen molar-refractivity contribution in [2.75, 3.05) is 13.1 Å². The molecule has 0 aromatic carbocycles. The Balaban J connectivity index is 2.09. The van der Waals surface area contributed by atoms with E-state index in [1.807, 2.05) is 11.9 Å². The molecule has 5 nitrogen and oxygen atoms in total. The van der Waals surface area contributed by atoms with Crippen LogP contribution in [0.4, 0.5) is 0 Å². The molecule has 1 saturated carbocycles. The van der Waals surface area contributed by atoms with Gasteiger partial charge in [0.25, 0.3) is 5.91 Å². The molecule has 0 radical (unpaired) electrons. The number of carbonyl (C=O) groups is 1. The predicted molar refractivity (Wildman–Crippen MR) is 65.6 cm³/mol. The van der Waals surface area contributed by atoms with Crippen LogP contribution >= 0.6 is 0 Å². The Morgan fingerprint density at radius 1 is 1.65 bits per heavy atom. The quantitative estimate of drug-likeness (QED) is 0.821. The first-order valence-electron chi connectivity index (χ1n) is 6.21. The van der Waals surface area contributed by atoms with Crippen molar-refractivity contribution in [2.24, 2.45) is 12.8 Å². The van der Waals surface area contributed by atoms with E-state index in [1.54, 1.807) is 17.1 Å². The molecule has 0 unspecified atom stereocenters. The first-order valence-corrected chi connectivity index (χ1v) is 6.21. The van der Waals surface area contributed by atoms with Crippen molar-refractivity contribution in [3.8, 4) is 0 Å². The molecule has 0 aliphatic heterocycles. The molecule has 0 bridgehead atoms. The molecule has 94 valence electrons. The number of hydrogen-bond acceptors (Lipinski definition) is 3. The zero-order chi connectivity index (χ0) is 12.3. The van der Waals surface area contributed by atoms with E-state index in [9.17, 15) is 4.79 Å². The molecule has 1 aliphatic rings. The Kier molecular flexibility index (Phi) is 3.78. The Bertz CT molecular complexity index is 384. The maximum absolute atomic E-state index is 12.4. The van der Waals surface area contributed by atoms with Crippen LogP contribution in [0.2, 0.25) is 0 Å². The van der Waals surface area contributed by atoms with Gasteiger partial charge >= 0.3 is 0 Å². The number of nitrogens with two attached hydrogens (primary N) is 1. The molecule has 1 aromatic heterocycles. The monoisotopic (exact) mass is 236 g/mol. The summed E-state index contributed by atoms with van der Waals surface area (Å²) in [6.45, 7) is 1.38. The highest BCUT2D eigenvalue weighted by atomic mass is 16.2. The van der Waals surface area contributed by atoms with Gasteiger partial charge in [0.1, 0.15) is 5.69 Å². The van der Waals surface area contributed by atoms with E-state index in [4.69, 9.17) is 5.73 Å². The maximum atomic E-state index is 12.4. The third kappa shape index (κ3) is 2.49. The van der Waals surface area contributed by atoms with Crippen LogP contribution in [0.5, 0.6) is 0 Å². The molecule has 1 heterocycles. The minimum Gasteiger partial charge on any atom is -0.334 e. The molecule has 0 saturated heterocycles. The van der Waals surface area contributed by atoms with Crippen LogP contribution in [-0.4, -0.2) is 39.5 Å². The van der Waals surface area contributed by atoms with Gasteiger partial charge in [-0.1, -0.05) is 0 Å². The molecule has 0 spiro atoms. The number of hydrogen-bond donors (Lipinski definition) is 1. The Labute approximate surface area is 102 Å². The molecule has 17 heavy (non-hydrogen) atoms. The predicted octanol–water partition coefficient (Wildman–Crippen LogP) is 0.764. The third-order valence-electron chi connectivity index (χ3n) is 3.42. The Morgan fingerprint density at radius 3 is 2.88 bits per heavy atom. The second-order valence-corrected chi connectivity index (χ2v) is 4.62. The third-order valence-corrected chi connectivity index (χ3v) is 3.42. The number of imidazole rings is 1. The lowest BCUT2D eigenvalue weighted by Crippen LogP contribution is -2.45. The van der Waals surface area contributed by atoms with Gasteiger partial charge in [0.15, 0.2) is 0 Å².